The maximum Gasteiger partial charge on any atom is 0.322 e. The third-order valence-electron chi connectivity index (χ3n) is 2.78. The summed E-state index contributed by atoms with van der Waals surface area (Å²) in [7, 11) is 0. The van der Waals surface area contributed by atoms with Crippen molar-refractivity contribution in [3.05, 3.63) is 47.2 Å². The van der Waals surface area contributed by atoms with Crippen molar-refractivity contribution in [1.29, 1.82) is 0 Å². The second-order valence-electron chi connectivity index (χ2n) is 4.38. The maximum absolute atomic E-state index is 11.8. The molecular formula is C15H13N3O3S. The predicted molar refractivity (Wildman–Crippen MR) is 82.8 cm³/mol. The Labute approximate surface area is 130 Å². The van der Waals surface area contributed by atoms with Crippen LogP contribution in [0.15, 0.2) is 51.6 Å². The Kier molecular flexibility index (Phi) is 4.45. The topological polar surface area (TPSA) is 77.2 Å². The first-order valence-electron chi connectivity index (χ1n) is 6.65. The van der Waals surface area contributed by atoms with Gasteiger partial charge in [0.25, 0.3) is 5.89 Å². The first kappa shape index (κ1) is 14.3. The van der Waals surface area contributed by atoms with Crippen LogP contribution in [0.5, 0.6) is 5.75 Å². The van der Waals surface area contributed by atoms with E-state index in [0.717, 1.165) is 11.3 Å². The standard InChI is InChI=1S/C15H13N3O3S/c19-13(6-8-20-12-4-2-1-3-5-12)16-15-18-17-14(21-15)11-7-9-22-10-11/h1-5,7,9-10H,6,8H2,(H,16,18,19). The van der Waals surface area contributed by atoms with E-state index in [1.165, 1.54) is 11.3 Å². The highest BCUT2D eigenvalue weighted by atomic mass is 32.1. The lowest BCUT2D eigenvalue weighted by atomic mass is 10.3. The van der Waals surface area contributed by atoms with Crippen molar-refractivity contribution in [3.63, 3.8) is 0 Å². The number of hydrogen-bond acceptors (Lipinski definition) is 6. The first-order chi connectivity index (χ1) is 10.8. The van der Waals surface area contributed by atoms with Crippen LogP contribution in [0, 0.1) is 0 Å². The number of aromatic nitrogens is 2. The molecule has 2 aromatic heterocycles. The number of carbonyl (C=O) groups excluding carboxylic acids is 1. The van der Waals surface area contributed by atoms with Crippen LogP contribution in [0.2, 0.25) is 0 Å². The number of amides is 1. The Morgan fingerprint density at radius 3 is 2.86 bits per heavy atom. The number of ether oxygens (including phenoxy) is 1. The Hall–Kier alpha value is -2.67. The van der Waals surface area contributed by atoms with Crippen LogP contribution < -0.4 is 10.1 Å². The minimum absolute atomic E-state index is 0.0888. The van der Waals surface area contributed by atoms with Crippen LogP contribution in [0.25, 0.3) is 11.5 Å². The van der Waals surface area contributed by atoms with Gasteiger partial charge in [-0.2, -0.15) is 11.3 Å². The molecule has 3 rings (SSSR count). The fraction of sp³-hybridized carbons (Fsp3) is 0.133. The highest BCUT2D eigenvalue weighted by molar-refractivity contribution is 7.08. The number of nitrogens with zero attached hydrogens (tertiary/aromatic N) is 2. The van der Waals surface area contributed by atoms with Crippen LogP contribution in [-0.4, -0.2) is 22.7 Å². The molecule has 6 nitrogen and oxygen atoms in total. The Balaban J connectivity index is 1.48. The van der Waals surface area contributed by atoms with Gasteiger partial charge in [-0.15, -0.1) is 5.10 Å². The summed E-state index contributed by atoms with van der Waals surface area (Å²) in [4.78, 5) is 11.8. The molecule has 0 saturated carbocycles. The lowest BCUT2D eigenvalue weighted by Gasteiger charge is -2.04. The normalized spacial score (nSPS) is 10.4. The quantitative estimate of drug-likeness (QED) is 0.756. The number of benzene rings is 1. The number of carbonyl (C=O) groups is 1. The van der Waals surface area contributed by atoms with Crippen molar-refractivity contribution in [3.8, 4) is 17.2 Å². The van der Waals surface area contributed by atoms with Gasteiger partial charge < -0.3 is 9.15 Å². The highest BCUT2D eigenvalue weighted by Gasteiger charge is 2.11. The summed E-state index contributed by atoms with van der Waals surface area (Å²) in [6, 6.07) is 11.3. The molecule has 1 amide bonds. The molecule has 7 heteroatoms. The summed E-state index contributed by atoms with van der Waals surface area (Å²) in [6.45, 7) is 0.279. The lowest BCUT2D eigenvalue weighted by molar-refractivity contribution is -0.116. The van der Waals surface area contributed by atoms with Gasteiger partial charge in [-0.25, -0.2) is 0 Å². The molecule has 0 aliphatic rings. The van der Waals surface area contributed by atoms with Crippen LogP contribution in [0.1, 0.15) is 6.42 Å². The van der Waals surface area contributed by atoms with Gasteiger partial charge in [-0.05, 0) is 23.6 Å². The van der Waals surface area contributed by atoms with Gasteiger partial charge >= 0.3 is 6.01 Å². The Bertz CT molecular complexity index is 726. The SMILES string of the molecule is O=C(CCOc1ccccc1)Nc1nnc(-c2ccsc2)o1. The third kappa shape index (κ3) is 3.70. The molecule has 0 aliphatic carbocycles. The Morgan fingerprint density at radius 1 is 1.23 bits per heavy atom. The molecular weight excluding hydrogens is 302 g/mol. The van der Waals surface area contributed by atoms with E-state index in [0.29, 0.717) is 5.89 Å². The minimum Gasteiger partial charge on any atom is -0.493 e. The first-order valence-corrected chi connectivity index (χ1v) is 7.59. The molecule has 0 fully saturated rings. The second kappa shape index (κ2) is 6.86. The van der Waals surface area contributed by atoms with Crippen molar-refractivity contribution in [2.45, 2.75) is 6.42 Å². The van der Waals surface area contributed by atoms with Gasteiger partial charge in [0, 0.05) is 10.9 Å². The van der Waals surface area contributed by atoms with Gasteiger partial charge in [0.15, 0.2) is 0 Å². The average molecular weight is 315 g/mol. The van der Waals surface area contributed by atoms with Gasteiger partial charge in [-0.3, -0.25) is 10.1 Å². The minimum atomic E-state index is -0.239. The van der Waals surface area contributed by atoms with E-state index < -0.39 is 0 Å². The molecule has 2 heterocycles. The lowest BCUT2D eigenvalue weighted by Crippen LogP contribution is -2.15. The highest BCUT2D eigenvalue weighted by Crippen LogP contribution is 2.22. The van der Waals surface area contributed by atoms with Crippen molar-refractivity contribution < 1.29 is 13.9 Å². The zero-order chi connectivity index (χ0) is 15.2. The van der Waals surface area contributed by atoms with Crippen LogP contribution in [0.3, 0.4) is 0 Å². The van der Waals surface area contributed by atoms with E-state index in [4.69, 9.17) is 9.15 Å². The third-order valence-corrected chi connectivity index (χ3v) is 3.46. The molecule has 22 heavy (non-hydrogen) atoms. The van der Waals surface area contributed by atoms with E-state index >= 15 is 0 Å². The van der Waals surface area contributed by atoms with Crippen LogP contribution in [0.4, 0.5) is 6.01 Å². The van der Waals surface area contributed by atoms with E-state index in [-0.39, 0.29) is 24.9 Å². The molecule has 112 valence electrons. The number of anilines is 1. The summed E-state index contributed by atoms with van der Waals surface area (Å²) in [6.07, 6.45) is 0.199. The number of rotatable bonds is 6. The van der Waals surface area contributed by atoms with E-state index in [2.05, 4.69) is 15.5 Å². The van der Waals surface area contributed by atoms with Crippen LogP contribution in [-0.2, 0) is 4.79 Å². The summed E-state index contributed by atoms with van der Waals surface area (Å²) in [5.41, 5.74) is 0.838. The van der Waals surface area contributed by atoms with E-state index in [9.17, 15) is 4.79 Å². The second-order valence-corrected chi connectivity index (χ2v) is 5.16. The van der Waals surface area contributed by atoms with Crippen molar-refractivity contribution in [2.75, 3.05) is 11.9 Å². The largest absolute Gasteiger partial charge is 0.493 e. The molecule has 1 N–H and O–H groups in total. The predicted octanol–water partition coefficient (Wildman–Crippen LogP) is 3.21. The zero-order valence-corrected chi connectivity index (χ0v) is 12.4. The number of hydrogen-bond donors (Lipinski definition) is 1. The fourth-order valence-electron chi connectivity index (χ4n) is 1.74. The summed E-state index contributed by atoms with van der Waals surface area (Å²) >= 11 is 1.53. The van der Waals surface area contributed by atoms with Crippen LogP contribution >= 0.6 is 11.3 Å². The molecule has 3 aromatic rings. The van der Waals surface area contributed by atoms with Gasteiger partial charge in [0.05, 0.1) is 13.0 Å². The Morgan fingerprint density at radius 2 is 2.09 bits per heavy atom. The monoisotopic (exact) mass is 315 g/mol. The van der Waals surface area contributed by atoms with E-state index in [1.54, 1.807) is 0 Å². The fourth-order valence-corrected chi connectivity index (χ4v) is 2.37. The molecule has 0 saturated heterocycles. The van der Waals surface area contributed by atoms with E-state index in [1.807, 2.05) is 47.2 Å². The van der Waals surface area contributed by atoms with Crippen molar-refractivity contribution in [1.82, 2.24) is 10.2 Å². The molecule has 0 spiro atoms. The zero-order valence-electron chi connectivity index (χ0n) is 11.6. The average Bonchev–Trinajstić information content (AvgIpc) is 3.19. The summed E-state index contributed by atoms with van der Waals surface area (Å²) in [5, 5.41) is 14.0. The van der Waals surface area contributed by atoms with Gasteiger partial charge in [-0.1, -0.05) is 23.3 Å². The number of thiophene rings is 1. The smallest absolute Gasteiger partial charge is 0.322 e. The molecule has 1 aromatic carbocycles. The molecule has 0 unspecified atom stereocenters. The molecule has 0 atom stereocenters. The van der Waals surface area contributed by atoms with Gasteiger partial charge in [0.2, 0.25) is 5.91 Å². The molecule has 0 radical (unpaired) electrons. The summed E-state index contributed by atoms with van der Waals surface area (Å²) < 4.78 is 10.8. The molecule has 0 bridgehead atoms. The van der Waals surface area contributed by atoms with Crippen molar-refractivity contribution >= 4 is 23.3 Å². The summed E-state index contributed by atoms with van der Waals surface area (Å²) in [5.74, 6) is 0.876. The number of nitrogens with one attached hydrogen (secondary N) is 1. The number of para-hydroxylation sites is 1. The molecule has 0 aliphatic heterocycles. The van der Waals surface area contributed by atoms with Crippen molar-refractivity contribution in [2.24, 2.45) is 0 Å². The maximum atomic E-state index is 11.8. The van der Waals surface area contributed by atoms with Gasteiger partial charge in [0.1, 0.15) is 5.75 Å².